The predicted octanol–water partition coefficient (Wildman–Crippen LogP) is 2.20. The highest BCUT2D eigenvalue weighted by Crippen LogP contribution is 2.23. The first-order valence-corrected chi connectivity index (χ1v) is 9.33. The molecule has 132 valence electrons. The number of ether oxygens (including phenoxy) is 1. The van der Waals surface area contributed by atoms with E-state index in [0.717, 1.165) is 24.9 Å². The number of thiophene rings is 1. The predicted molar refractivity (Wildman–Crippen MR) is 98.1 cm³/mol. The van der Waals surface area contributed by atoms with Crippen molar-refractivity contribution in [1.29, 1.82) is 0 Å². The van der Waals surface area contributed by atoms with Gasteiger partial charge < -0.3 is 15.0 Å². The van der Waals surface area contributed by atoms with Crippen LogP contribution >= 0.6 is 11.3 Å². The van der Waals surface area contributed by atoms with Gasteiger partial charge in [-0.2, -0.15) is 0 Å². The number of amides is 1. The van der Waals surface area contributed by atoms with Crippen LogP contribution in [0.4, 0.5) is 5.69 Å². The topological polar surface area (TPSA) is 59.8 Å². The number of methoxy groups -OCH3 is 1. The van der Waals surface area contributed by atoms with Crippen LogP contribution in [0.2, 0.25) is 0 Å². The third-order valence-electron chi connectivity index (χ3n) is 4.69. The first-order valence-electron chi connectivity index (χ1n) is 8.45. The second kappa shape index (κ2) is 7.80. The Labute approximate surface area is 151 Å². The van der Waals surface area contributed by atoms with E-state index in [-0.39, 0.29) is 5.91 Å². The molecule has 1 aliphatic heterocycles. The number of hydrogen-bond donors (Lipinski definition) is 2. The molecule has 6 heteroatoms. The van der Waals surface area contributed by atoms with Crippen LogP contribution in [0.5, 0.6) is 0 Å². The number of aryl methyl sites for hydroxylation is 1. The highest BCUT2D eigenvalue weighted by molar-refractivity contribution is 7.10. The number of carbonyl (C=O) groups is 2. The van der Waals surface area contributed by atoms with Crippen LogP contribution in [0.25, 0.3) is 0 Å². The first-order chi connectivity index (χ1) is 12.1. The summed E-state index contributed by atoms with van der Waals surface area (Å²) in [5.41, 5.74) is 2.03. The third-order valence-corrected chi connectivity index (χ3v) is 5.68. The fourth-order valence-electron chi connectivity index (χ4n) is 3.36. The maximum absolute atomic E-state index is 12.5. The molecule has 1 aromatic carbocycles. The molecule has 3 rings (SSSR count). The van der Waals surface area contributed by atoms with E-state index in [1.165, 1.54) is 16.9 Å². The SMILES string of the molecule is COC(=O)c1ccc(C)c(NC(=O)C[NH+]2CCC[C@H]2c2cccs2)c1. The summed E-state index contributed by atoms with van der Waals surface area (Å²) < 4.78 is 4.74. The lowest BCUT2D eigenvalue weighted by molar-refractivity contribution is -0.910. The Balaban J connectivity index is 1.67. The molecule has 0 aliphatic carbocycles. The Morgan fingerprint density at radius 2 is 2.20 bits per heavy atom. The smallest absolute Gasteiger partial charge is 0.337 e. The molecule has 2 N–H and O–H groups in total. The zero-order chi connectivity index (χ0) is 17.8. The van der Waals surface area contributed by atoms with Gasteiger partial charge in [0.05, 0.1) is 24.1 Å². The Morgan fingerprint density at radius 1 is 1.36 bits per heavy atom. The van der Waals surface area contributed by atoms with Crippen molar-refractivity contribution in [2.45, 2.75) is 25.8 Å². The van der Waals surface area contributed by atoms with Crippen molar-refractivity contribution in [3.05, 3.63) is 51.7 Å². The highest BCUT2D eigenvalue weighted by atomic mass is 32.1. The minimum absolute atomic E-state index is 0.0245. The van der Waals surface area contributed by atoms with Crippen LogP contribution < -0.4 is 10.2 Å². The average molecular weight is 359 g/mol. The molecular formula is C19H23N2O3S+. The van der Waals surface area contributed by atoms with Crippen molar-refractivity contribution < 1.29 is 19.2 Å². The Kier molecular flexibility index (Phi) is 5.50. The van der Waals surface area contributed by atoms with E-state index in [9.17, 15) is 9.59 Å². The summed E-state index contributed by atoms with van der Waals surface area (Å²) in [7, 11) is 1.35. The summed E-state index contributed by atoms with van der Waals surface area (Å²) in [6.07, 6.45) is 2.27. The lowest BCUT2D eigenvalue weighted by Crippen LogP contribution is -3.11. The quantitative estimate of drug-likeness (QED) is 0.805. The van der Waals surface area contributed by atoms with Gasteiger partial charge in [0.2, 0.25) is 0 Å². The molecule has 2 heterocycles. The van der Waals surface area contributed by atoms with Crippen LogP contribution in [0, 0.1) is 6.92 Å². The van der Waals surface area contributed by atoms with E-state index in [1.54, 1.807) is 23.5 Å². The second-order valence-electron chi connectivity index (χ2n) is 6.36. The molecule has 0 bridgehead atoms. The zero-order valence-corrected chi connectivity index (χ0v) is 15.3. The lowest BCUT2D eigenvalue weighted by Gasteiger charge is -2.20. The van der Waals surface area contributed by atoms with E-state index >= 15 is 0 Å². The van der Waals surface area contributed by atoms with E-state index in [4.69, 9.17) is 4.74 Å². The van der Waals surface area contributed by atoms with Crippen molar-refractivity contribution in [2.24, 2.45) is 0 Å². The van der Waals surface area contributed by atoms with Gasteiger partial charge in [-0.1, -0.05) is 12.1 Å². The maximum Gasteiger partial charge on any atom is 0.337 e. The normalized spacial score (nSPS) is 19.6. The van der Waals surface area contributed by atoms with Gasteiger partial charge in [0.15, 0.2) is 6.54 Å². The van der Waals surface area contributed by atoms with Crippen LogP contribution in [-0.4, -0.2) is 32.1 Å². The van der Waals surface area contributed by atoms with Crippen molar-refractivity contribution in [3.63, 3.8) is 0 Å². The number of hydrogen-bond acceptors (Lipinski definition) is 4. The molecule has 0 radical (unpaired) electrons. The molecule has 1 saturated heterocycles. The third kappa shape index (κ3) is 4.08. The summed E-state index contributed by atoms with van der Waals surface area (Å²) in [4.78, 5) is 26.9. The molecule has 1 aromatic heterocycles. The largest absolute Gasteiger partial charge is 0.465 e. The van der Waals surface area contributed by atoms with Gasteiger partial charge in [0.25, 0.3) is 5.91 Å². The van der Waals surface area contributed by atoms with Crippen LogP contribution in [0.1, 0.15) is 39.7 Å². The highest BCUT2D eigenvalue weighted by Gasteiger charge is 2.32. The van der Waals surface area contributed by atoms with Gasteiger partial charge in [-0.3, -0.25) is 4.79 Å². The van der Waals surface area contributed by atoms with Crippen molar-refractivity contribution in [1.82, 2.24) is 0 Å². The molecule has 25 heavy (non-hydrogen) atoms. The first kappa shape index (κ1) is 17.6. The molecule has 2 atom stereocenters. The van der Waals surface area contributed by atoms with Crippen LogP contribution in [-0.2, 0) is 9.53 Å². The molecule has 0 spiro atoms. The average Bonchev–Trinajstić information content (AvgIpc) is 3.27. The van der Waals surface area contributed by atoms with Crippen LogP contribution in [0.15, 0.2) is 35.7 Å². The summed E-state index contributed by atoms with van der Waals surface area (Å²) in [6.45, 7) is 3.36. The number of likely N-dealkylation sites (tertiary alicyclic amines) is 1. The fourth-order valence-corrected chi connectivity index (χ4v) is 4.28. The van der Waals surface area contributed by atoms with E-state index in [2.05, 4.69) is 22.8 Å². The maximum atomic E-state index is 12.5. The van der Waals surface area contributed by atoms with Gasteiger partial charge in [-0.25, -0.2) is 4.79 Å². The monoisotopic (exact) mass is 359 g/mol. The van der Waals surface area contributed by atoms with Gasteiger partial charge in [-0.15, -0.1) is 11.3 Å². The van der Waals surface area contributed by atoms with Gasteiger partial charge in [0, 0.05) is 18.5 Å². The minimum atomic E-state index is -0.404. The molecule has 1 amide bonds. The molecule has 1 fully saturated rings. The summed E-state index contributed by atoms with van der Waals surface area (Å²) in [6, 6.07) is 9.83. The molecule has 2 aromatic rings. The lowest BCUT2D eigenvalue weighted by atomic mass is 10.1. The molecular weight excluding hydrogens is 336 g/mol. The Morgan fingerprint density at radius 3 is 2.92 bits per heavy atom. The number of quaternary nitrogens is 1. The number of carbonyl (C=O) groups excluding carboxylic acids is 2. The minimum Gasteiger partial charge on any atom is -0.465 e. The van der Waals surface area contributed by atoms with E-state index < -0.39 is 5.97 Å². The van der Waals surface area contributed by atoms with Crippen molar-refractivity contribution in [2.75, 3.05) is 25.5 Å². The molecule has 5 nitrogen and oxygen atoms in total. The molecule has 1 unspecified atom stereocenters. The molecule has 1 aliphatic rings. The second-order valence-corrected chi connectivity index (χ2v) is 7.34. The summed E-state index contributed by atoms with van der Waals surface area (Å²) in [5.74, 6) is -0.429. The van der Waals surface area contributed by atoms with E-state index in [1.807, 2.05) is 13.0 Å². The number of anilines is 1. The number of esters is 1. The standard InChI is InChI=1S/C19H22N2O3S/c1-13-7-8-14(19(23)24-2)11-15(13)20-18(22)12-21-9-3-5-16(21)17-6-4-10-25-17/h4,6-8,10-11,16H,3,5,9,12H2,1-2H3,(H,20,22)/p+1/t16-/m0/s1. The van der Waals surface area contributed by atoms with Gasteiger partial charge in [-0.05, 0) is 36.1 Å². The van der Waals surface area contributed by atoms with Crippen LogP contribution in [0.3, 0.4) is 0 Å². The number of rotatable bonds is 5. The summed E-state index contributed by atoms with van der Waals surface area (Å²) in [5, 5.41) is 5.05. The zero-order valence-electron chi connectivity index (χ0n) is 14.5. The number of nitrogens with one attached hydrogen (secondary N) is 2. The summed E-state index contributed by atoms with van der Waals surface area (Å²) >= 11 is 1.76. The van der Waals surface area contributed by atoms with Crippen molar-refractivity contribution >= 4 is 28.9 Å². The number of benzene rings is 1. The fraction of sp³-hybridized carbons (Fsp3) is 0.368. The Hall–Kier alpha value is -2.18. The molecule has 0 saturated carbocycles. The van der Waals surface area contributed by atoms with Crippen molar-refractivity contribution in [3.8, 4) is 0 Å². The van der Waals surface area contributed by atoms with Gasteiger partial charge >= 0.3 is 5.97 Å². The Bertz CT molecular complexity index is 758. The van der Waals surface area contributed by atoms with Gasteiger partial charge in [0.1, 0.15) is 6.04 Å². The van der Waals surface area contributed by atoms with E-state index in [0.29, 0.717) is 23.8 Å².